The number of ether oxygens (including phenoxy) is 1. The molecule has 0 bridgehead atoms. The summed E-state index contributed by atoms with van der Waals surface area (Å²) in [5.74, 6) is -0.882. The lowest BCUT2D eigenvalue weighted by atomic mass is 10.2. The first-order valence-corrected chi connectivity index (χ1v) is 6.50. The van der Waals surface area contributed by atoms with Crippen LogP contribution in [0, 0.1) is 0 Å². The van der Waals surface area contributed by atoms with Gasteiger partial charge in [-0.1, -0.05) is 13.8 Å². The van der Waals surface area contributed by atoms with Gasteiger partial charge in [-0.3, -0.25) is 0 Å². The number of phenolic OH excluding ortho intramolecular Hbond substituents is 2. The van der Waals surface area contributed by atoms with Gasteiger partial charge in [-0.05, 0) is 37.7 Å². The van der Waals surface area contributed by atoms with Crippen LogP contribution in [0.25, 0.3) is 0 Å². The van der Waals surface area contributed by atoms with E-state index in [0.717, 1.165) is 26.1 Å². The lowest BCUT2D eigenvalue weighted by Gasteiger charge is -2.17. The summed E-state index contributed by atoms with van der Waals surface area (Å²) in [5, 5.41) is 18.8. The third-order valence-corrected chi connectivity index (χ3v) is 2.95. The number of nitrogens with zero attached hydrogens (tertiary/aromatic N) is 1. The highest BCUT2D eigenvalue weighted by atomic mass is 16.5. The topological polar surface area (TPSA) is 70.0 Å². The van der Waals surface area contributed by atoms with Crippen molar-refractivity contribution in [1.29, 1.82) is 0 Å². The zero-order valence-corrected chi connectivity index (χ0v) is 11.4. The Labute approximate surface area is 113 Å². The molecule has 0 spiro atoms. The summed E-state index contributed by atoms with van der Waals surface area (Å²) in [6, 6.07) is 3.77. The molecule has 0 atom stereocenters. The number of benzene rings is 1. The van der Waals surface area contributed by atoms with E-state index >= 15 is 0 Å². The quantitative estimate of drug-likeness (QED) is 0.449. The number of rotatable bonds is 7. The predicted octanol–water partition coefficient (Wildman–Crippen LogP) is 1.99. The Balaban J connectivity index is 2.41. The van der Waals surface area contributed by atoms with Crippen LogP contribution in [0.5, 0.6) is 11.5 Å². The van der Waals surface area contributed by atoms with Crippen LogP contribution in [-0.2, 0) is 4.74 Å². The van der Waals surface area contributed by atoms with Crippen molar-refractivity contribution in [1.82, 2.24) is 4.90 Å². The molecule has 0 unspecified atom stereocenters. The van der Waals surface area contributed by atoms with Crippen molar-refractivity contribution in [3.8, 4) is 11.5 Å². The molecule has 0 heterocycles. The Kier molecular flexibility index (Phi) is 6.15. The third kappa shape index (κ3) is 4.79. The molecule has 0 aliphatic carbocycles. The molecule has 19 heavy (non-hydrogen) atoms. The van der Waals surface area contributed by atoms with Gasteiger partial charge in [0, 0.05) is 6.54 Å². The van der Waals surface area contributed by atoms with Crippen molar-refractivity contribution in [2.75, 3.05) is 26.2 Å². The summed E-state index contributed by atoms with van der Waals surface area (Å²) < 4.78 is 5.07. The van der Waals surface area contributed by atoms with Crippen LogP contribution in [0.3, 0.4) is 0 Å². The van der Waals surface area contributed by atoms with Crippen LogP contribution < -0.4 is 0 Å². The second-order valence-corrected chi connectivity index (χ2v) is 4.22. The molecule has 106 valence electrons. The second-order valence-electron chi connectivity index (χ2n) is 4.22. The Morgan fingerprint density at radius 3 is 2.58 bits per heavy atom. The van der Waals surface area contributed by atoms with Gasteiger partial charge >= 0.3 is 5.97 Å². The molecule has 0 aliphatic heterocycles. The number of esters is 1. The number of hydrogen-bond acceptors (Lipinski definition) is 5. The van der Waals surface area contributed by atoms with Gasteiger partial charge in [-0.15, -0.1) is 0 Å². The van der Waals surface area contributed by atoms with E-state index < -0.39 is 5.97 Å². The van der Waals surface area contributed by atoms with Crippen molar-refractivity contribution in [3.05, 3.63) is 23.8 Å². The van der Waals surface area contributed by atoms with Gasteiger partial charge in [0.05, 0.1) is 6.61 Å². The van der Waals surface area contributed by atoms with Crippen LogP contribution in [-0.4, -0.2) is 47.3 Å². The first-order chi connectivity index (χ1) is 9.08. The summed E-state index contributed by atoms with van der Waals surface area (Å²) in [7, 11) is 0. The number of hydrogen-bond donors (Lipinski definition) is 2. The molecule has 0 aromatic heterocycles. The van der Waals surface area contributed by atoms with Gasteiger partial charge in [0.25, 0.3) is 0 Å². The highest BCUT2D eigenvalue weighted by molar-refractivity contribution is 5.92. The lowest BCUT2D eigenvalue weighted by Crippen LogP contribution is -2.25. The van der Waals surface area contributed by atoms with Gasteiger partial charge in [0.15, 0.2) is 0 Å². The number of carbonyl (C=O) groups excluding carboxylic acids is 1. The summed E-state index contributed by atoms with van der Waals surface area (Å²) in [5.41, 5.74) is -0.0113. The van der Waals surface area contributed by atoms with E-state index in [1.807, 2.05) is 0 Å². The Bertz CT molecular complexity index is 416. The van der Waals surface area contributed by atoms with Crippen LogP contribution in [0.1, 0.15) is 30.6 Å². The predicted molar refractivity (Wildman–Crippen MR) is 72.5 cm³/mol. The average molecular weight is 267 g/mol. The highest BCUT2D eigenvalue weighted by Gasteiger charge is 2.13. The fraction of sp³-hybridized carbons (Fsp3) is 0.500. The van der Waals surface area contributed by atoms with E-state index in [0.29, 0.717) is 6.61 Å². The van der Waals surface area contributed by atoms with Crippen LogP contribution >= 0.6 is 0 Å². The van der Waals surface area contributed by atoms with Crippen LogP contribution in [0.15, 0.2) is 18.2 Å². The maximum absolute atomic E-state index is 11.7. The molecule has 0 aliphatic rings. The second kappa shape index (κ2) is 7.63. The summed E-state index contributed by atoms with van der Waals surface area (Å²) in [6.45, 7) is 7.27. The van der Waals surface area contributed by atoms with E-state index in [-0.39, 0.29) is 17.1 Å². The van der Waals surface area contributed by atoms with Gasteiger partial charge in [0.1, 0.15) is 17.1 Å². The monoisotopic (exact) mass is 267 g/mol. The lowest BCUT2D eigenvalue weighted by molar-refractivity contribution is 0.0485. The molecule has 0 radical (unpaired) electrons. The molecular formula is C14H21NO4. The first-order valence-electron chi connectivity index (χ1n) is 6.50. The molecule has 0 fully saturated rings. The van der Waals surface area contributed by atoms with Crippen molar-refractivity contribution >= 4 is 5.97 Å². The molecule has 0 saturated carbocycles. The van der Waals surface area contributed by atoms with Crippen molar-refractivity contribution < 1.29 is 19.7 Å². The van der Waals surface area contributed by atoms with Gasteiger partial charge in [0.2, 0.25) is 0 Å². The normalized spacial score (nSPS) is 10.7. The van der Waals surface area contributed by atoms with Crippen LogP contribution in [0.2, 0.25) is 0 Å². The Hall–Kier alpha value is -1.75. The van der Waals surface area contributed by atoms with E-state index in [2.05, 4.69) is 18.7 Å². The van der Waals surface area contributed by atoms with Crippen molar-refractivity contribution in [2.24, 2.45) is 0 Å². The van der Waals surface area contributed by atoms with Gasteiger partial charge < -0.3 is 19.8 Å². The minimum absolute atomic E-state index is 0.0113. The molecular weight excluding hydrogens is 246 g/mol. The largest absolute Gasteiger partial charge is 0.508 e. The number of aromatic hydroxyl groups is 2. The standard InChI is InChI=1S/C14H21NO4/c1-3-15(4-2)8-5-9-19-14(18)12-10-11(16)6-7-13(12)17/h6-7,10,16-17H,3-5,8-9H2,1-2H3. The molecule has 1 aromatic carbocycles. The van der Waals surface area contributed by atoms with Crippen molar-refractivity contribution in [3.63, 3.8) is 0 Å². The van der Waals surface area contributed by atoms with E-state index in [1.54, 1.807) is 0 Å². The number of carbonyl (C=O) groups is 1. The maximum Gasteiger partial charge on any atom is 0.342 e. The maximum atomic E-state index is 11.7. The fourth-order valence-electron chi connectivity index (χ4n) is 1.76. The third-order valence-electron chi connectivity index (χ3n) is 2.95. The minimum Gasteiger partial charge on any atom is -0.508 e. The van der Waals surface area contributed by atoms with E-state index in [1.165, 1.54) is 18.2 Å². The fourth-order valence-corrected chi connectivity index (χ4v) is 1.76. The average Bonchev–Trinajstić information content (AvgIpc) is 2.41. The molecule has 1 rings (SSSR count). The highest BCUT2D eigenvalue weighted by Crippen LogP contribution is 2.22. The Morgan fingerprint density at radius 1 is 1.26 bits per heavy atom. The molecule has 2 N–H and O–H groups in total. The Morgan fingerprint density at radius 2 is 1.95 bits per heavy atom. The smallest absolute Gasteiger partial charge is 0.342 e. The minimum atomic E-state index is -0.618. The first kappa shape index (κ1) is 15.3. The molecule has 5 nitrogen and oxygen atoms in total. The van der Waals surface area contributed by atoms with Crippen molar-refractivity contribution in [2.45, 2.75) is 20.3 Å². The SMILES string of the molecule is CCN(CC)CCCOC(=O)c1cc(O)ccc1O. The molecule has 0 saturated heterocycles. The summed E-state index contributed by atoms with van der Waals surface area (Å²) in [6.07, 6.45) is 0.743. The molecule has 5 heteroatoms. The van der Waals surface area contributed by atoms with E-state index in [4.69, 9.17) is 4.74 Å². The summed E-state index contributed by atoms with van der Waals surface area (Å²) >= 11 is 0. The van der Waals surface area contributed by atoms with E-state index in [9.17, 15) is 15.0 Å². The van der Waals surface area contributed by atoms with Crippen LogP contribution in [0.4, 0.5) is 0 Å². The summed E-state index contributed by atoms with van der Waals surface area (Å²) in [4.78, 5) is 13.9. The molecule has 1 aromatic rings. The zero-order chi connectivity index (χ0) is 14.3. The molecule has 0 amide bonds. The number of phenols is 2. The van der Waals surface area contributed by atoms with Gasteiger partial charge in [-0.25, -0.2) is 4.79 Å². The van der Waals surface area contributed by atoms with Gasteiger partial charge in [-0.2, -0.15) is 0 Å². The zero-order valence-electron chi connectivity index (χ0n) is 11.4.